The van der Waals surface area contributed by atoms with Crippen LogP contribution in [0.1, 0.15) is 323 Å². The number of unbranched alkanes of at least 4 members (excludes halogenated alkanes) is 32. The Kier molecular flexibility index (Phi) is 64.3. The number of hydrogen-bond acceptors (Lipinski definition) is 6. The minimum absolute atomic E-state index is 0.0779. The number of carbonyl (C=O) groups excluding carboxylic acids is 3. The molecule has 0 amide bonds. The molecule has 0 heterocycles. The van der Waals surface area contributed by atoms with E-state index in [1.807, 2.05) is 0 Å². The van der Waals surface area contributed by atoms with Crippen LogP contribution in [0.15, 0.2) is 109 Å². The lowest BCUT2D eigenvalue weighted by molar-refractivity contribution is -0.167. The van der Waals surface area contributed by atoms with Gasteiger partial charge >= 0.3 is 17.9 Å². The highest BCUT2D eigenvalue weighted by atomic mass is 16.6. The van der Waals surface area contributed by atoms with Crippen molar-refractivity contribution in [3.63, 3.8) is 0 Å². The highest BCUT2D eigenvalue weighted by Gasteiger charge is 2.19. The summed E-state index contributed by atoms with van der Waals surface area (Å²) in [6, 6.07) is 0. The van der Waals surface area contributed by atoms with Gasteiger partial charge in [-0.05, 0) is 103 Å². The molecule has 0 radical (unpaired) electrons. The molecule has 0 N–H and O–H groups in total. The van der Waals surface area contributed by atoms with Crippen molar-refractivity contribution in [3.05, 3.63) is 109 Å². The number of rotatable bonds is 61. The average molecular weight is 1110 g/mol. The molecule has 1 unspecified atom stereocenters. The topological polar surface area (TPSA) is 78.9 Å². The molecule has 0 aliphatic rings. The maximum Gasteiger partial charge on any atom is 0.306 e. The first-order chi connectivity index (χ1) is 39.5. The summed E-state index contributed by atoms with van der Waals surface area (Å²) in [5.74, 6) is -0.885. The van der Waals surface area contributed by atoms with Crippen molar-refractivity contribution in [3.8, 4) is 0 Å². The number of carbonyl (C=O) groups is 3. The number of allylic oxidation sites excluding steroid dienone is 18. The monoisotopic (exact) mass is 1110 g/mol. The summed E-state index contributed by atoms with van der Waals surface area (Å²) in [4.78, 5) is 38.1. The van der Waals surface area contributed by atoms with Gasteiger partial charge in [0.1, 0.15) is 13.2 Å². The van der Waals surface area contributed by atoms with Gasteiger partial charge in [0, 0.05) is 19.3 Å². The third-order valence-corrected chi connectivity index (χ3v) is 14.5. The van der Waals surface area contributed by atoms with E-state index < -0.39 is 6.10 Å². The SMILES string of the molecule is CC/C=C\C/C=C\C/C=C\C/C=C\C/C=C\CCCCCCCCCCCCCCCCCCCCCC(=O)OCC(COC(=O)CCCCCCCC)OC(=O)CCCCCCCCCC/C=C\C/C=C\C/C=C\C/C=C\CC. The van der Waals surface area contributed by atoms with Gasteiger partial charge in [-0.25, -0.2) is 0 Å². The third-order valence-electron chi connectivity index (χ3n) is 14.5. The second-order valence-corrected chi connectivity index (χ2v) is 22.3. The van der Waals surface area contributed by atoms with Crippen LogP contribution in [0, 0.1) is 0 Å². The highest BCUT2D eigenvalue weighted by molar-refractivity contribution is 5.71. The Bertz CT molecular complexity index is 1610. The fourth-order valence-electron chi connectivity index (χ4n) is 9.52. The van der Waals surface area contributed by atoms with Crippen molar-refractivity contribution in [2.45, 2.75) is 329 Å². The van der Waals surface area contributed by atoms with Gasteiger partial charge in [0.05, 0.1) is 0 Å². The maximum absolute atomic E-state index is 12.8. The van der Waals surface area contributed by atoms with Crippen LogP contribution in [-0.2, 0) is 28.6 Å². The Morgan fingerprint density at radius 3 is 0.762 bits per heavy atom. The van der Waals surface area contributed by atoms with Gasteiger partial charge in [0.2, 0.25) is 0 Å². The van der Waals surface area contributed by atoms with Crippen molar-refractivity contribution in [1.82, 2.24) is 0 Å². The van der Waals surface area contributed by atoms with E-state index in [1.54, 1.807) is 0 Å². The maximum atomic E-state index is 12.8. The molecule has 458 valence electrons. The lowest BCUT2D eigenvalue weighted by Gasteiger charge is -2.18. The van der Waals surface area contributed by atoms with Crippen LogP contribution in [0.5, 0.6) is 0 Å². The molecule has 0 aliphatic carbocycles. The summed E-state index contributed by atoms with van der Waals surface area (Å²) in [5.41, 5.74) is 0. The van der Waals surface area contributed by atoms with Gasteiger partial charge in [-0.2, -0.15) is 0 Å². The first kappa shape index (κ1) is 76.1. The Morgan fingerprint density at radius 1 is 0.263 bits per heavy atom. The summed E-state index contributed by atoms with van der Waals surface area (Å²) in [7, 11) is 0. The molecular weight excluding hydrogens is 985 g/mol. The molecule has 0 spiro atoms. The molecule has 0 saturated carbocycles. The second-order valence-electron chi connectivity index (χ2n) is 22.3. The Labute approximate surface area is 495 Å². The molecule has 80 heavy (non-hydrogen) atoms. The van der Waals surface area contributed by atoms with Crippen LogP contribution >= 0.6 is 0 Å². The highest BCUT2D eigenvalue weighted by Crippen LogP contribution is 2.17. The summed E-state index contributed by atoms with van der Waals surface area (Å²) in [6.07, 6.45) is 93.0. The predicted molar refractivity (Wildman–Crippen MR) is 348 cm³/mol. The number of hydrogen-bond donors (Lipinski definition) is 0. The Hall–Kier alpha value is -3.93. The van der Waals surface area contributed by atoms with Gasteiger partial charge in [-0.15, -0.1) is 0 Å². The normalized spacial score (nSPS) is 12.8. The van der Waals surface area contributed by atoms with Crippen molar-refractivity contribution in [2.24, 2.45) is 0 Å². The fourth-order valence-corrected chi connectivity index (χ4v) is 9.52. The van der Waals surface area contributed by atoms with Crippen LogP contribution in [-0.4, -0.2) is 37.2 Å². The van der Waals surface area contributed by atoms with Gasteiger partial charge in [-0.3, -0.25) is 14.4 Å². The molecular formula is C74H126O6. The van der Waals surface area contributed by atoms with Crippen LogP contribution in [0.25, 0.3) is 0 Å². The zero-order valence-electron chi connectivity index (χ0n) is 52.6. The van der Waals surface area contributed by atoms with Crippen LogP contribution in [0.4, 0.5) is 0 Å². The molecule has 6 heteroatoms. The van der Waals surface area contributed by atoms with E-state index in [2.05, 4.69) is 130 Å². The minimum atomic E-state index is -0.779. The van der Waals surface area contributed by atoms with E-state index in [9.17, 15) is 14.4 Å². The summed E-state index contributed by atoms with van der Waals surface area (Å²) in [6.45, 7) is 6.37. The lowest BCUT2D eigenvalue weighted by atomic mass is 10.0. The molecule has 0 aliphatic heterocycles. The standard InChI is InChI=1S/C74H126O6/c1-4-7-10-13-16-18-20-22-24-26-28-30-31-32-33-34-35-36-37-38-39-40-41-42-43-45-46-48-50-52-54-56-58-61-64-67-73(76)79-70-71(69-78-72(75)66-63-60-15-12-9-6-3)80-74(77)68-65-62-59-57-55-53-51-49-47-44-29-27-25-23-21-19-17-14-11-8-5-2/h7-8,10-11,16-19,22-25,28-30,32-33,44,71H,4-6,9,12-15,20-21,26-27,31,34-43,45-70H2,1-3H3/b10-7-,11-8-,18-16-,19-17-,24-22-,25-23-,30-28-,33-32-,44-29-. The van der Waals surface area contributed by atoms with Crippen LogP contribution < -0.4 is 0 Å². The number of esters is 3. The molecule has 0 aromatic rings. The van der Waals surface area contributed by atoms with Crippen molar-refractivity contribution in [1.29, 1.82) is 0 Å². The summed E-state index contributed by atoms with van der Waals surface area (Å²) >= 11 is 0. The zero-order valence-corrected chi connectivity index (χ0v) is 52.6. The Morgan fingerprint density at radius 2 is 0.487 bits per heavy atom. The van der Waals surface area contributed by atoms with Gasteiger partial charge < -0.3 is 14.2 Å². The molecule has 0 aromatic heterocycles. The largest absolute Gasteiger partial charge is 0.462 e. The van der Waals surface area contributed by atoms with Gasteiger partial charge in [0.25, 0.3) is 0 Å². The van der Waals surface area contributed by atoms with Crippen LogP contribution in [0.2, 0.25) is 0 Å². The minimum Gasteiger partial charge on any atom is -0.462 e. The molecule has 6 nitrogen and oxygen atoms in total. The Balaban J connectivity index is 3.99. The van der Waals surface area contributed by atoms with E-state index >= 15 is 0 Å². The predicted octanol–water partition coefficient (Wildman–Crippen LogP) is 23.4. The quantitative estimate of drug-likeness (QED) is 0.0261. The molecule has 0 saturated heterocycles. The summed E-state index contributed by atoms with van der Waals surface area (Å²) < 4.78 is 16.8. The molecule has 0 bridgehead atoms. The van der Waals surface area contributed by atoms with Gasteiger partial charge in [-0.1, -0.05) is 310 Å². The van der Waals surface area contributed by atoms with Crippen molar-refractivity contribution < 1.29 is 28.6 Å². The summed E-state index contributed by atoms with van der Waals surface area (Å²) in [5, 5.41) is 0. The third kappa shape index (κ3) is 64.9. The first-order valence-corrected chi connectivity index (χ1v) is 33.9. The van der Waals surface area contributed by atoms with E-state index in [4.69, 9.17) is 14.2 Å². The molecule has 1 atom stereocenters. The molecule has 0 aromatic carbocycles. The smallest absolute Gasteiger partial charge is 0.306 e. The van der Waals surface area contributed by atoms with E-state index in [0.29, 0.717) is 19.3 Å². The second kappa shape index (κ2) is 67.6. The van der Waals surface area contributed by atoms with E-state index in [0.717, 1.165) is 122 Å². The van der Waals surface area contributed by atoms with Crippen molar-refractivity contribution >= 4 is 17.9 Å². The van der Waals surface area contributed by atoms with Gasteiger partial charge in [0.15, 0.2) is 6.10 Å². The molecule has 0 fully saturated rings. The first-order valence-electron chi connectivity index (χ1n) is 33.9. The number of ether oxygens (including phenoxy) is 3. The zero-order chi connectivity index (χ0) is 57.8. The van der Waals surface area contributed by atoms with Crippen LogP contribution in [0.3, 0.4) is 0 Å². The lowest BCUT2D eigenvalue weighted by Crippen LogP contribution is -2.30. The van der Waals surface area contributed by atoms with E-state index in [-0.39, 0.29) is 31.1 Å². The van der Waals surface area contributed by atoms with Crippen molar-refractivity contribution in [2.75, 3.05) is 13.2 Å². The van der Waals surface area contributed by atoms with E-state index in [1.165, 1.54) is 161 Å². The molecule has 0 rings (SSSR count). The fraction of sp³-hybridized carbons (Fsp3) is 0.716. The average Bonchev–Trinajstić information content (AvgIpc) is 3.46.